The van der Waals surface area contributed by atoms with Gasteiger partial charge in [-0.1, -0.05) is 0 Å². The van der Waals surface area contributed by atoms with Crippen LogP contribution in [0, 0.1) is 0 Å². The lowest BCUT2D eigenvalue weighted by atomic mass is 10.3. The predicted octanol–water partition coefficient (Wildman–Crippen LogP) is 2.16. The first-order valence-electron chi connectivity index (χ1n) is 6.38. The van der Waals surface area contributed by atoms with Crippen LogP contribution < -0.4 is 21.7 Å². The lowest BCUT2D eigenvalue weighted by Gasteiger charge is -2.09. The van der Waals surface area contributed by atoms with E-state index in [0.717, 1.165) is 16.2 Å². The highest BCUT2D eigenvalue weighted by Gasteiger charge is 2.15. The molecule has 0 spiro atoms. The Balaban J connectivity index is 2.11. The number of thioether (sulfide) groups is 1. The van der Waals surface area contributed by atoms with E-state index < -0.39 is 5.91 Å². The molecule has 0 saturated heterocycles. The Labute approximate surface area is 126 Å². The Hall–Kier alpha value is -2.12. The van der Waals surface area contributed by atoms with E-state index in [4.69, 9.17) is 20.7 Å². The third kappa shape index (κ3) is 3.71. The lowest BCUT2D eigenvalue weighted by Crippen LogP contribution is -2.30. The van der Waals surface area contributed by atoms with Crippen LogP contribution in [0.5, 0.6) is 5.75 Å². The van der Waals surface area contributed by atoms with E-state index in [1.165, 1.54) is 18.0 Å². The van der Waals surface area contributed by atoms with Gasteiger partial charge in [0.2, 0.25) is 0 Å². The smallest absolute Gasteiger partial charge is 0.301 e. The molecule has 0 aliphatic rings. The van der Waals surface area contributed by atoms with E-state index in [-0.39, 0.29) is 5.76 Å². The molecule has 1 amide bonds. The van der Waals surface area contributed by atoms with Gasteiger partial charge < -0.3 is 14.9 Å². The number of hydrogen-bond donors (Lipinski definition) is 3. The van der Waals surface area contributed by atoms with Gasteiger partial charge >= 0.3 is 5.91 Å². The second-order valence-electron chi connectivity index (χ2n) is 4.17. The number of nitrogen functional groups attached to an aromatic ring is 2. The molecule has 0 radical (unpaired) electrons. The van der Waals surface area contributed by atoms with Crippen molar-refractivity contribution in [3.05, 3.63) is 41.9 Å². The Morgan fingerprint density at radius 2 is 2.24 bits per heavy atom. The highest BCUT2D eigenvalue weighted by molar-refractivity contribution is 7.98. The third-order valence-corrected chi connectivity index (χ3v) is 3.88. The maximum absolute atomic E-state index is 11.5. The molecule has 0 fully saturated rings. The molecule has 0 bridgehead atoms. The molecule has 0 unspecified atom stereocenters. The normalized spacial score (nSPS) is 10.4. The first kappa shape index (κ1) is 15.3. The van der Waals surface area contributed by atoms with E-state index in [1.54, 1.807) is 12.1 Å². The minimum absolute atomic E-state index is 0.213. The number of carbonyl (C=O) groups is 1. The number of hydrazine groups is 1. The predicted molar refractivity (Wildman–Crippen MR) is 81.9 cm³/mol. The molecular formula is C14H17N3O3S. The lowest BCUT2D eigenvalue weighted by molar-refractivity contribution is 0.0925. The molecule has 0 saturated carbocycles. The monoisotopic (exact) mass is 307 g/mol. The fourth-order valence-corrected chi connectivity index (χ4v) is 2.74. The molecule has 1 aromatic heterocycles. The standard InChI is InChI=1S/C14H17N3O3S/c1-2-19-10-3-4-11(15)12(7-10)21-8-9-5-6-20-13(9)14(18)17-16/h3-7H,2,8,15-16H2,1H3,(H,17,18). The third-order valence-electron chi connectivity index (χ3n) is 2.76. The molecule has 2 rings (SSSR count). The van der Waals surface area contributed by atoms with Gasteiger partial charge in [0.1, 0.15) is 5.75 Å². The summed E-state index contributed by atoms with van der Waals surface area (Å²) in [4.78, 5) is 12.4. The molecule has 0 atom stereocenters. The SMILES string of the molecule is CCOc1ccc(N)c(SCc2ccoc2C(=O)NN)c1. The van der Waals surface area contributed by atoms with Gasteiger partial charge in [-0.2, -0.15) is 0 Å². The Bertz CT molecular complexity index is 628. The van der Waals surface area contributed by atoms with Crippen molar-refractivity contribution in [2.45, 2.75) is 17.6 Å². The summed E-state index contributed by atoms with van der Waals surface area (Å²) in [5.74, 6) is 6.18. The van der Waals surface area contributed by atoms with Gasteiger partial charge in [-0.05, 0) is 31.2 Å². The van der Waals surface area contributed by atoms with Crippen molar-refractivity contribution in [1.29, 1.82) is 0 Å². The summed E-state index contributed by atoms with van der Waals surface area (Å²) >= 11 is 1.50. The van der Waals surface area contributed by atoms with Crippen LogP contribution in [0.25, 0.3) is 0 Å². The molecule has 5 N–H and O–H groups in total. The van der Waals surface area contributed by atoms with Crippen LogP contribution in [0.1, 0.15) is 23.0 Å². The summed E-state index contributed by atoms with van der Waals surface area (Å²) in [6.07, 6.45) is 1.46. The van der Waals surface area contributed by atoms with E-state index in [2.05, 4.69) is 5.43 Å². The van der Waals surface area contributed by atoms with Crippen molar-refractivity contribution in [3.8, 4) is 5.75 Å². The first-order valence-corrected chi connectivity index (χ1v) is 7.36. The second kappa shape index (κ2) is 7.05. The highest BCUT2D eigenvalue weighted by Crippen LogP contribution is 2.32. The summed E-state index contributed by atoms with van der Waals surface area (Å²) in [5, 5.41) is 0. The van der Waals surface area contributed by atoms with Crippen LogP contribution in [0.4, 0.5) is 5.69 Å². The summed E-state index contributed by atoms with van der Waals surface area (Å²) in [7, 11) is 0. The number of carbonyl (C=O) groups excluding carboxylic acids is 1. The number of furan rings is 1. The average molecular weight is 307 g/mol. The molecule has 112 valence electrons. The Morgan fingerprint density at radius 3 is 2.95 bits per heavy atom. The van der Waals surface area contributed by atoms with E-state index >= 15 is 0 Å². The summed E-state index contributed by atoms with van der Waals surface area (Å²) in [5.41, 5.74) is 9.42. The number of rotatable bonds is 6. The molecule has 0 aliphatic heterocycles. The zero-order valence-corrected chi connectivity index (χ0v) is 12.4. The Morgan fingerprint density at radius 1 is 1.43 bits per heavy atom. The molecule has 1 heterocycles. The molecular weight excluding hydrogens is 290 g/mol. The zero-order chi connectivity index (χ0) is 15.2. The van der Waals surface area contributed by atoms with Crippen molar-refractivity contribution >= 4 is 23.4 Å². The zero-order valence-electron chi connectivity index (χ0n) is 11.6. The number of benzene rings is 1. The van der Waals surface area contributed by atoms with Crippen molar-refractivity contribution in [2.24, 2.45) is 5.84 Å². The van der Waals surface area contributed by atoms with Gasteiger partial charge in [0.15, 0.2) is 5.76 Å². The number of anilines is 1. The fraction of sp³-hybridized carbons (Fsp3) is 0.214. The van der Waals surface area contributed by atoms with Crippen LogP contribution in [-0.4, -0.2) is 12.5 Å². The minimum atomic E-state index is -0.452. The highest BCUT2D eigenvalue weighted by atomic mass is 32.2. The summed E-state index contributed by atoms with van der Waals surface area (Å²) < 4.78 is 10.6. The van der Waals surface area contributed by atoms with Gasteiger partial charge in [0.05, 0.1) is 12.9 Å². The van der Waals surface area contributed by atoms with Crippen LogP contribution in [0.15, 0.2) is 39.8 Å². The molecule has 0 aliphatic carbocycles. The minimum Gasteiger partial charge on any atom is -0.494 e. The van der Waals surface area contributed by atoms with Crippen LogP contribution in [-0.2, 0) is 5.75 Å². The van der Waals surface area contributed by atoms with Crippen molar-refractivity contribution in [2.75, 3.05) is 12.3 Å². The molecule has 21 heavy (non-hydrogen) atoms. The maximum Gasteiger partial charge on any atom is 0.301 e. The van der Waals surface area contributed by atoms with Gasteiger partial charge in [0.25, 0.3) is 0 Å². The number of amides is 1. The van der Waals surface area contributed by atoms with E-state index in [9.17, 15) is 4.79 Å². The fourth-order valence-electron chi connectivity index (χ4n) is 1.77. The van der Waals surface area contributed by atoms with Crippen LogP contribution >= 0.6 is 11.8 Å². The van der Waals surface area contributed by atoms with Crippen molar-refractivity contribution in [1.82, 2.24) is 5.43 Å². The average Bonchev–Trinajstić information content (AvgIpc) is 2.95. The van der Waals surface area contributed by atoms with Crippen molar-refractivity contribution < 1.29 is 13.9 Å². The van der Waals surface area contributed by atoms with Crippen LogP contribution in [0.3, 0.4) is 0 Å². The molecule has 2 aromatic rings. The van der Waals surface area contributed by atoms with E-state index in [0.29, 0.717) is 18.0 Å². The molecule has 1 aromatic carbocycles. The largest absolute Gasteiger partial charge is 0.494 e. The van der Waals surface area contributed by atoms with Gasteiger partial charge in [-0.15, -0.1) is 11.8 Å². The first-order chi connectivity index (χ1) is 10.2. The van der Waals surface area contributed by atoms with E-state index in [1.807, 2.05) is 19.1 Å². The molecule has 7 heteroatoms. The van der Waals surface area contributed by atoms with Crippen molar-refractivity contribution in [3.63, 3.8) is 0 Å². The summed E-state index contributed by atoms with van der Waals surface area (Å²) in [6, 6.07) is 7.25. The number of nitrogens with two attached hydrogens (primary N) is 2. The number of ether oxygens (including phenoxy) is 1. The molecule has 6 nitrogen and oxygen atoms in total. The van der Waals surface area contributed by atoms with Crippen LogP contribution in [0.2, 0.25) is 0 Å². The van der Waals surface area contributed by atoms with Gasteiger partial charge in [-0.25, -0.2) is 5.84 Å². The second-order valence-corrected chi connectivity index (χ2v) is 5.19. The Kier molecular flexibility index (Phi) is 5.13. The number of hydrogen-bond acceptors (Lipinski definition) is 6. The quantitative estimate of drug-likeness (QED) is 0.248. The van der Waals surface area contributed by atoms with Gasteiger partial charge in [0, 0.05) is 21.9 Å². The topological polar surface area (TPSA) is 104 Å². The maximum atomic E-state index is 11.5. The number of nitrogens with one attached hydrogen (secondary N) is 1. The van der Waals surface area contributed by atoms with Gasteiger partial charge in [-0.3, -0.25) is 10.2 Å². The summed E-state index contributed by atoms with van der Waals surface area (Å²) in [6.45, 7) is 2.52.